The Morgan fingerprint density at radius 2 is 0.518 bits per heavy atom. The Hall–Kier alpha value is -5.28. The highest BCUT2D eigenvalue weighted by Crippen LogP contribution is 2.65. The first-order chi connectivity index (χ1) is 40.4. The molecule has 0 heterocycles. The summed E-state index contributed by atoms with van der Waals surface area (Å²) < 4.78 is 2.23. The van der Waals surface area contributed by atoms with Crippen molar-refractivity contribution >= 4 is 31.9 Å². The van der Waals surface area contributed by atoms with Crippen molar-refractivity contribution in [1.29, 1.82) is 0 Å². The normalized spacial score (nSPS) is 15.3. The van der Waals surface area contributed by atoms with E-state index in [0.717, 1.165) is 21.8 Å². The Morgan fingerprint density at radius 1 is 0.271 bits per heavy atom. The van der Waals surface area contributed by atoms with Crippen LogP contribution in [0.4, 0.5) is 0 Å². The third-order valence-electron chi connectivity index (χ3n) is 20.4. The molecular formula is C83H96Br2. The van der Waals surface area contributed by atoms with Gasteiger partial charge in [0.05, 0.1) is 10.8 Å². The van der Waals surface area contributed by atoms with Gasteiger partial charge in [0.15, 0.2) is 0 Å². The lowest BCUT2D eigenvalue weighted by Crippen LogP contribution is -2.29. The number of rotatable bonds is 18. The Kier molecular flexibility index (Phi) is 16.9. The van der Waals surface area contributed by atoms with E-state index in [1.807, 2.05) is 0 Å². The molecule has 8 aromatic rings. The van der Waals surface area contributed by atoms with Crippen LogP contribution in [0.2, 0.25) is 0 Å². The molecule has 2 heteroatoms. The highest BCUT2D eigenvalue weighted by atomic mass is 79.9. The Bertz CT molecular complexity index is 3340. The number of hydrogen-bond donors (Lipinski definition) is 0. The van der Waals surface area contributed by atoms with Gasteiger partial charge < -0.3 is 0 Å². The number of halogens is 2. The molecule has 0 fully saturated rings. The lowest BCUT2D eigenvalue weighted by Gasteiger charge is -2.36. The monoisotopic (exact) mass is 1250 g/mol. The van der Waals surface area contributed by atoms with Gasteiger partial charge in [0.1, 0.15) is 0 Å². The van der Waals surface area contributed by atoms with E-state index < -0.39 is 10.8 Å². The molecule has 0 nitrogen and oxygen atoms in total. The zero-order valence-electron chi connectivity index (χ0n) is 54.2. The fraction of sp³-hybridized carbons (Fsp3) is 0.422. The van der Waals surface area contributed by atoms with E-state index in [2.05, 4.69) is 287 Å². The van der Waals surface area contributed by atoms with Crippen LogP contribution in [0, 0.1) is 0 Å². The summed E-state index contributed by atoms with van der Waals surface area (Å²) in [6.07, 6.45) is 17.7. The summed E-state index contributed by atoms with van der Waals surface area (Å²) in [5, 5.41) is 0. The van der Waals surface area contributed by atoms with Crippen LogP contribution in [0.25, 0.3) is 33.4 Å². The SMILES string of the molecule is CCCCCCCCC1(CCCCCCCC)c2cc3c(cc2-c2cc4c(cc21)-c1ccc(Br)cc1C4(c1ccc(C(C)(C)C)cc1)c1ccc(C(C)(C)C)cc1)C(c1ccc(C(C)(C)C)cc1)(c1ccc(C(C)(C)C)cc1)c1cc(Br)ccc1-3. The number of benzene rings is 8. The van der Waals surface area contributed by atoms with Crippen LogP contribution in [0.1, 0.15) is 265 Å². The number of unbranched alkanes of at least 4 members (excludes halogenated alkanes) is 10. The topological polar surface area (TPSA) is 0 Å². The Morgan fingerprint density at radius 3 is 0.800 bits per heavy atom. The van der Waals surface area contributed by atoms with E-state index in [9.17, 15) is 0 Å². The van der Waals surface area contributed by atoms with Gasteiger partial charge in [-0.25, -0.2) is 0 Å². The third-order valence-corrected chi connectivity index (χ3v) is 21.4. The Balaban J connectivity index is 1.25. The molecule has 0 saturated heterocycles. The van der Waals surface area contributed by atoms with Gasteiger partial charge in [-0.3, -0.25) is 0 Å². The summed E-state index contributed by atoms with van der Waals surface area (Å²) in [5.74, 6) is 0. The van der Waals surface area contributed by atoms with Gasteiger partial charge >= 0.3 is 0 Å². The van der Waals surface area contributed by atoms with Crippen LogP contribution in [0.15, 0.2) is 167 Å². The van der Waals surface area contributed by atoms with E-state index in [4.69, 9.17) is 0 Å². The van der Waals surface area contributed by atoms with Gasteiger partial charge in [-0.15, -0.1) is 0 Å². The molecule has 0 amide bonds. The van der Waals surface area contributed by atoms with Crippen molar-refractivity contribution < 1.29 is 0 Å². The summed E-state index contributed by atoms with van der Waals surface area (Å²) in [6.45, 7) is 32.8. The molecule has 85 heavy (non-hydrogen) atoms. The predicted molar refractivity (Wildman–Crippen MR) is 373 cm³/mol. The summed E-state index contributed by atoms with van der Waals surface area (Å²) >= 11 is 8.19. The molecule has 442 valence electrons. The molecule has 11 rings (SSSR count). The van der Waals surface area contributed by atoms with Gasteiger partial charge in [-0.1, -0.05) is 315 Å². The van der Waals surface area contributed by atoms with Crippen molar-refractivity contribution in [3.8, 4) is 33.4 Å². The molecule has 3 aliphatic carbocycles. The maximum atomic E-state index is 4.10. The molecule has 8 aromatic carbocycles. The minimum Gasteiger partial charge on any atom is -0.0654 e. The minimum atomic E-state index is -0.590. The lowest BCUT2D eigenvalue weighted by atomic mass is 9.66. The van der Waals surface area contributed by atoms with E-state index in [0.29, 0.717) is 0 Å². The first-order valence-corrected chi connectivity index (χ1v) is 34.4. The maximum Gasteiger partial charge on any atom is 0.0714 e. The second-order valence-electron chi connectivity index (χ2n) is 30.2. The molecule has 0 unspecified atom stereocenters. The quantitative estimate of drug-likeness (QED) is 0.0751. The smallest absolute Gasteiger partial charge is 0.0654 e. The second kappa shape index (κ2) is 23.3. The molecule has 0 N–H and O–H groups in total. The number of fused-ring (bicyclic) bond motifs is 9. The summed E-state index contributed by atoms with van der Waals surface area (Å²) in [4.78, 5) is 0. The lowest BCUT2D eigenvalue weighted by molar-refractivity contribution is 0.398. The van der Waals surface area contributed by atoms with Crippen LogP contribution in [0.5, 0.6) is 0 Å². The van der Waals surface area contributed by atoms with E-state index >= 15 is 0 Å². The highest BCUT2D eigenvalue weighted by molar-refractivity contribution is 9.10. The molecule has 0 atom stereocenters. The fourth-order valence-electron chi connectivity index (χ4n) is 15.6. The van der Waals surface area contributed by atoms with Crippen molar-refractivity contribution in [3.05, 3.63) is 245 Å². The molecule has 0 aromatic heterocycles. The van der Waals surface area contributed by atoms with Crippen molar-refractivity contribution in [2.75, 3.05) is 0 Å². The van der Waals surface area contributed by atoms with Crippen LogP contribution < -0.4 is 0 Å². The van der Waals surface area contributed by atoms with Gasteiger partial charge in [-0.05, 0) is 194 Å². The van der Waals surface area contributed by atoms with Crippen molar-refractivity contribution in [2.24, 2.45) is 0 Å². The van der Waals surface area contributed by atoms with Gasteiger partial charge in [-0.2, -0.15) is 0 Å². The standard InChI is InChI=1S/C83H96Br2/c1-15-17-19-21-23-25-47-81(48-26-24-22-20-18-16-2)71-51-67-65-45-43-63(84)49-73(65)82(59-35-27-55(28-36-59)77(3,4)5,60-37-29-56(30-38-60)78(6,7)8)75(67)53-69(71)70-54-76-68(52-72(70)81)66-46-44-64(85)50-74(66)83(76,61-39-31-57(32-40-61)79(9,10)11)62-41-33-58(34-42-62)80(12,13)14/h27-46,49-54H,15-26,47-48H2,1-14H3. The van der Waals surface area contributed by atoms with E-state index in [1.54, 1.807) is 11.1 Å². The van der Waals surface area contributed by atoms with Crippen LogP contribution in [-0.2, 0) is 37.9 Å². The molecule has 0 radical (unpaired) electrons. The molecule has 3 aliphatic rings. The molecular weight excluding hydrogens is 1160 g/mol. The van der Waals surface area contributed by atoms with Crippen LogP contribution in [0.3, 0.4) is 0 Å². The zero-order chi connectivity index (χ0) is 60.5. The fourth-order valence-corrected chi connectivity index (χ4v) is 16.3. The van der Waals surface area contributed by atoms with Crippen LogP contribution in [-0.4, -0.2) is 0 Å². The molecule has 0 bridgehead atoms. The summed E-state index contributed by atoms with van der Waals surface area (Å²) in [5.41, 5.74) is 26.3. The van der Waals surface area contributed by atoms with Crippen molar-refractivity contribution in [1.82, 2.24) is 0 Å². The largest absolute Gasteiger partial charge is 0.0714 e. The first kappa shape index (κ1) is 61.4. The maximum absolute atomic E-state index is 4.10. The van der Waals surface area contributed by atoms with Gasteiger partial charge in [0, 0.05) is 14.4 Å². The predicted octanol–water partition coefficient (Wildman–Crippen LogP) is 24.9. The van der Waals surface area contributed by atoms with Crippen molar-refractivity contribution in [2.45, 2.75) is 225 Å². The second-order valence-corrected chi connectivity index (χ2v) is 32.0. The van der Waals surface area contributed by atoms with Gasteiger partial charge in [0.25, 0.3) is 0 Å². The van der Waals surface area contributed by atoms with E-state index in [1.165, 1.54) is 177 Å². The van der Waals surface area contributed by atoms with E-state index in [-0.39, 0.29) is 27.1 Å². The van der Waals surface area contributed by atoms with Gasteiger partial charge in [0.2, 0.25) is 0 Å². The number of hydrogen-bond acceptors (Lipinski definition) is 0. The Labute approximate surface area is 530 Å². The molecule has 0 saturated carbocycles. The molecule has 0 aliphatic heterocycles. The minimum absolute atomic E-state index is 0.0168. The van der Waals surface area contributed by atoms with Crippen molar-refractivity contribution in [3.63, 3.8) is 0 Å². The average Bonchev–Trinajstić information content (AvgIpc) is 1.54. The third kappa shape index (κ3) is 10.8. The highest BCUT2D eigenvalue weighted by Gasteiger charge is 2.53. The zero-order valence-corrected chi connectivity index (χ0v) is 57.3. The average molecular weight is 1250 g/mol. The first-order valence-electron chi connectivity index (χ1n) is 32.8. The summed E-state index contributed by atoms with van der Waals surface area (Å²) in [7, 11) is 0. The summed E-state index contributed by atoms with van der Waals surface area (Å²) in [6, 6.07) is 64.7. The molecule has 0 spiro atoms. The van der Waals surface area contributed by atoms with Crippen LogP contribution >= 0.6 is 31.9 Å².